The predicted molar refractivity (Wildman–Crippen MR) is 79.3 cm³/mol. The summed E-state index contributed by atoms with van der Waals surface area (Å²) in [6.45, 7) is 4.55. The molecule has 5 heteroatoms. The van der Waals surface area contributed by atoms with Crippen LogP contribution in [0.3, 0.4) is 0 Å². The highest BCUT2D eigenvalue weighted by Gasteiger charge is 2.28. The smallest absolute Gasteiger partial charge is 0.275 e. The summed E-state index contributed by atoms with van der Waals surface area (Å²) >= 11 is 0. The maximum Gasteiger partial charge on any atom is 0.275 e. The molecule has 1 saturated carbocycles. The first-order chi connectivity index (χ1) is 9.39. The summed E-state index contributed by atoms with van der Waals surface area (Å²) < 4.78 is 5.13. The molecule has 0 heterocycles. The van der Waals surface area contributed by atoms with E-state index < -0.39 is 4.92 Å². The Balaban J connectivity index is 2.16. The second kappa shape index (κ2) is 5.69. The standard InChI is InChI=1S/C15H22N2O3/c1-15(2)6-4-5-11(10-15)16-12-7-13(17(18)19)9-14(8-12)20-3/h7-9,11,16H,4-6,10H2,1-3H3. The molecule has 20 heavy (non-hydrogen) atoms. The molecule has 1 N–H and O–H groups in total. The summed E-state index contributed by atoms with van der Waals surface area (Å²) in [5.41, 5.74) is 1.15. The van der Waals surface area contributed by atoms with E-state index in [2.05, 4.69) is 19.2 Å². The van der Waals surface area contributed by atoms with Gasteiger partial charge < -0.3 is 10.1 Å². The lowest BCUT2D eigenvalue weighted by molar-refractivity contribution is -0.384. The molecule has 110 valence electrons. The normalized spacial score (nSPS) is 21.2. The van der Waals surface area contributed by atoms with E-state index >= 15 is 0 Å². The summed E-state index contributed by atoms with van der Waals surface area (Å²) in [6.07, 6.45) is 4.62. The molecule has 1 fully saturated rings. The number of nitro groups is 1. The lowest BCUT2D eigenvalue weighted by atomic mass is 9.75. The number of nitrogens with one attached hydrogen (secondary N) is 1. The van der Waals surface area contributed by atoms with Crippen LogP contribution >= 0.6 is 0 Å². The van der Waals surface area contributed by atoms with Crippen molar-refractivity contribution in [2.45, 2.75) is 45.6 Å². The van der Waals surface area contributed by atoms with Gasteiger partial charge in [0.25, 0.3) is 5.69 Å². The van der Waals surface area contributed by atoms with E-state index in [4.69, 9.17) is 4.74 Å². The van der Waals surface area contributed by atoms with Gasteiger partial charge in [-0.1, -0.05) is 20.3 Å². The SMILES string of the molecule is COc1cc(NC2CCCC(C)(C)C2)cc([N+](=O)[O-])c1. The van der Waals surface area contributed by atoms with Crippen LogP contribution in [0.25, 0.3) is 0 Å². The monoisotopic (exact) mass is 278 g/mol. The number of anilines is 1. The Morgan fingerprint density at radius 1 is 1.40 bits per heavy atom. The van der Waals surface area contributed by atoms with E-state index in [0.29, 0.717) is 17.2 Å². The zero-order valence-electron chi connectivity index (χ0n) is 12.3. The lowest BCUT2D eigenvalue weighted by Crippen LogP contribution is -2.31. The van der Waals surface area contributed by atoms with E-state index in [0.717, 1.165) is 18.5 Å². The zero-order valence-corrected chi connectivity index (χ0v) is 12.3. The molecule has 5 nitrogen and oxygen atoms in total. The average molecular weight is 278 g/mol. The van der Waals surface area contributed by atoms with Crippen LogP contribution in [0.1, 0.15) is 39.5 Å². The number of hydrogen-bond acceptors (Lipinski definition) is 4. The number of benzene rings is 1. The molecule has 1 aromatic carbocycles. The Hall–Kier alpha value is -1.78. The highest BCUT2D eigenvalue weighted by Crippen LogP contribution is 2.37. The molecule has 0 aliphatic heterocycles. The first kappa shape index (κ1) is 14.6. The average Bonchev–Trinajstić information content (AvgIpc) is 2.37. The molecule has 0 radical (unpaired) electrons. The van der Waals surface area contributed by atoms with Gasteiger partial charge in [0.05, 0.1) is 18.1 Å². The van der Waals surface area contributed by atoms with Gasteiger partial charge in [-0.05, 0) is 24.7 Å². The number of ether oxygens (including phenoxy) is 1. The van der Waals surface area contributed by atoms with Gasteiger partial charge in [-0.25, -0.2) is 0 Å². The van der Waals surface area contributed by atoms with E-state index in [1.54, 1.807) is 6.07 Å². The first-order valence-electron chi connectivity index (χ1n) is 7.00. The molecular formula is C15H22N2O3. The maximum absolute atomic E-state index is 10.9. The van der Waals surface area contributed by atoms with Crippen molar-refractivity contribution in [3.05, 3.63) is 28.3 Å². The molecule has 1 aromatic rings. The van der Waals surface area contributed by atoms with Crippen molar-refractivity contribution in [2.75, 3.05) is 12.4 Å². The van der Waals surface area contributed by atoms with Crippen LogP contribution in [0.2, 0.25) is 0 Å². The van der Waals surface area contributed by atoms with E-state index in [1.807, 2.05) is 6.07 Å². The number of non-ortho nitro benzene ring substituents is 1. The third-order valence-corrected chi connectivity index (χ3v) is 3.91. The Bertz CT molecular complexity index is 500. The minimum absolute atomic E-state index is 0.0573. The first-order valence-corrected chi connectivity index (χ1v) is 7.00. The van der Waals surface area contributed by atoms with Crippen molar-refractivity contribution in [2.24, 2.45) is 5.41 Å². The highest BCUT2D eigenvalue weighted by atomic mass is 16.6. The fourth-order valence-electron chi connectivity index (χ4n) is 2.95. The van der Waals surface area contributed by atoms with Gasteiger partial charge in [-0.2, -0.15) is 0 Å². The van der Waals surface area contributed by atoms with Crippen molar-refractivity contribution >= 4 is 11.4 Å². The third kappa shape index (κ3) is 3.62. The van der Waals surface area contributed by atoms with Crippen molar-refractivity contribution in [3.63, 3.8) is 0 Å². The molecule has 1 aliphatic carbocycles. The minimum atomic E-state index is -0.390. The number of methoxy groups -OCH3 is 1. The zero-order chi connectivity index (χ0) is 14.8. The number of rotatable bonds is 4. The molecule has 1 unspecified atom stereocenters. The molecule has 1 atom stereocenters. The van der Waals surface area contributed by atoms with Crippen LogP contribution in [-0.4, -0.2) is 18.1 Å². The van der Waals surface area contributed by atoms with E-state index in [1.165, 1.54) is 26.0 Å². The quantitative estimate of drug-likeness (QED) is 0.668. The Morgan fingerprint density at radius 3 is 2.75 bits per heavy atom. The van der Waals surface area contributed by atoms with Gasteiger partial charge >= 0.3 is 0 Å². The van der Waals surface area contributed by atoms with Crippen LogP contribution < -0.4 is 10.1 Å². The lowest BCUT2D eigenvalue weighted by Gasteiger charge is -2.36. The molecule has 0 amide bonds. The van der Waals surface area contributed by atoms with Gasteiger partial charge in [0, 0.05) is 23.9 Å². The largest absolute Gasteiger partial charge is 0.496 e. The number of nitro benzene ring substituents is 1. The van der Waals surface area contributed by atoms with Crippen molar-refractivity contribution < 1.29 is 9.66 Å². The summed E-state index contributed by atoms with van der Waals surface area (Å²) in [6, 6.07) is 5.19. The van der Waals surface area contributed by atoms with Gasteiger partial charge in [0.15, 0.2) is 0 Å². The van der Waals surface area contributed by atoms with Crippen LogP contribution in [0.5, 0.6) is 5.75 Å². The van der Waals surface area contributed by atoms with Crippen LogP contribution in [0, 0.1) is 15.5 Å². The molecular weight excluding hydrogens is 256 g/mol. The summed E-state index contributed by atoms with van der Waals surface area (Å²) in [4.78, 5) is 10.5. The van der Waals surface area contributed by atoms with Gasteiger partial charge in [0.1, 0.15) is 5.75 Å². The third-order valence-electron chi connectivity index (χ3n) is 3.91. The fraction of sp³-hybridized carbons (Fsp3) is 0.600. The number of hydrogen-bond donors (Lipinski definition) is 1. The second-order valence-corrected chi connectivity index (χ2v) is 6.28. The highest BCUT2D eigenvalue weighted by molar-refractivity contribution is 5.56. The molecule has 0 spiro atoms. The molecule has 1 aliphatic rings. The molecule has 0 saturated heterocycles. The molecule has 2 rings (SSSR count). The topological polar surface area (TPSA) is 64.4 Å². The van der Waals surface area contributed by atoms with E-state index in [-0.39, 0.29) is 5.69 Å². The van der Waals surface area contributed by atoms with Gasteiger partial charge in [0.2, 0.25) is 0 Å². The molecule has 0 aromatic heterocycles. The maximum atomic E-state index is 10.9. The van der Waals surface area contributed by atoms with Crippen LogP contribution in [0.4, 0.5) is 11.4 Å². The summed E-state index contributed by atoms with van der Waals surface area (Å²) in [5.74, 6) is 0.511. The minimum Gasteiger partial charge on any atom is -0.496 e. The summed E-state index contributed by atoms with van der Waals surface area (Å²) in [5, 5.41) is 14.4. The van der Waals surface area contributed by atoms with Crippen LogP contribution in [-0.2, 0) is 0 Å². The second-order valence-electron chi connectivity index (χ2n) is 6.28. The number of nitrogens with zero attached hydrogens (tertiary/aromatic N) is 1. The molecule has 0 bridgehead atoms. The Labute approximate surface area is 119 Å². The fourth-order valence-corrected chi connectivity index (χ4v) is 2.95. The van der Waals surface area contributed by atoms with Crippen molar-refractivity contribution in [1.82, 2.24) is 0 Å². The predicted octanol–water partition coefficient (Wildman–Crippen LogP) is 3.98. The van der Waals surface area contributed by atoms with Gasteiger partial charge in [-0.15, -0.1) is 0 Å². The van der Waals surface area contributed by atoms with E-state index in [9.17, 15) is 10.1 Å². The van der Waals surface area contributed by atoms with Gasteiger partial charge in [-0.3, -0.25) is 10.1 Å². The van der Waals surface area contributed by atoms with Crippen molar-refractivity contribution in [3.8, 4) is 5.75 Å². The Morgan fingerprint density at radius 2 is 2.15 bits per heavy atom. The van der Waals surface area contributed by atoms with Crippen LogP contribution in [0.15, 0.2) is 18.2 Å². The summed E-state index contributed by atoms with van der Waals surface area (Å²) in [7, 11) is 1.52. The van der Waals surface area contributed by atoms with Crippen molar-refractivity contribution in [1.29, 1.82) is 0 Å². The Kier molecular flexibility index (Phi) is 4.16.